The van der Waals surface area contributed by atoms with E-state index in [1.165, 1.54) is 18.3 Å². The minimum Gasteiger partial charge on any atom is -0.477 e. The lowest BCUT2D eigenvalue weighted by Crippen LogP contribution is -2.49. The summed E-state index contributed by atoms with van der Waals surface area (Å²) in [6.45, 7) is 6.45. The van der Waals surface area contributed by atoms with Crippen molar-refractivity contribution in [2.75, 3.05) is 11.9 Å². The minimum absolute atomic E-state index is 0.0855. The van der Waals surface area contributed by atoms with E-state index in [0.717, 1.165) is 23.4 Å². The predicted molar refractivity (Wildman–Crippen MR) is 142 cm³/mol. The third-order valence-electron chi connectivity index (χ3n) is 6.92. The molecular weight excluding hydrogens is 525 g/mol. The highest BCUT2D eigenvalue weighted by Crippen LogP contribution is 2.32. The van der Waals surface area contributed by atoms with Crippen molar-refractivity contribution in [1.82, 2.24) is 25.2 Å². The van der Waals surface area contributed by atoms with E-state index in [0.29, 0.717) is 37.9 Å². The molecule has 1 saturated heterocycles. The van der Waals surface area contributed by atoms with Crippen LogP contribution in [0, 0.1) is 6.92 Å². The molecule has 9 nitrogen and oxygen atoms in total. The van der Waals surface area contributed by atoms with E-state index < -0.39 is 17.7 Å². The van der Waals surface area contributed by atoms with Gasteiger partial charge in [-0.15, -0.1) is 0 Å². The van der Waals surface area contributed by atoms with Gasteiger partial charge in [-0.2, -0.15) is 13.2 Å². The molecule has 0 unspecified atom stereocenters. The number of amides is 1. The van der Waals surface area contributed by atoms with Crippen LogP contribution in [0.2, 0.25) is 0 Å². The first kappa shape index (κ1) is 28.9. The summed E-state index contributed by atoms with van der Waals surface area (Å²) in [7, 11) is 0. The Kier molecular flexibility index (Phi) is 8.67. The van der Waals surface area contributed by atoms with E-state index >= 15 is 0 Å². The monoisotopic (exact) mass is 556 g/mol. The van der Waals surface area contributed by atoms with Gasteiger partial charge in [0.15, 0.2) is 0 Å². The molecule has 2 aromatic heterocycles. The number of carbonyl (C=O) groups is 2. The van der Waals surface area contributed by atoms with Crippen LogP contribution in [0.5, 0.6) is 0 Å². The number of piperidine rings is 1. The number of aromatic nitrogens is 3. The second-order valence-corrected chi connectivity index (χ2v) is 9.91. The van der Waals surface area contributed by atoms with Gasteiger partial charge in [-0.1, -0.05) is 6.92 Å². The van der Waals surface area contributed by atoms with E-state index in [-0.39, 0.29) is 40.9 Å². The van der Waals surface area contributed by atoms with Gasteiger partial charge in [0.1, 0.15) is 5.69 Å². The van der Waals surface area contributed by atoms with Crippen molar-refractivity contribution >= 4 is 23.5 Å². The number of anilines is 2. The Morgan fingerprint density at radius 2 is 1.95 bits per heavy atom. The molecule has 0 aliphatic carbocycles. The van der Waals surface area contributed by atoms with E-state index in [2.05, 4.69) is 25.6 Å². The molecule has 0 saturated carbocycles. The Bertz CT molecular complexity index is 1400. The van der Waals surface area contributed by atoms with Crippen molar-refractivity contribution in [3.05, 3.63) is 76.4 Å². The number of hydrogen-bond donors (Lipinski definition) is 3. The van der Waals surface area contributed by atoms with Crippen LogP contribution < -0.4 is 10.6 Å². The average molecular weight is 557 g/mol. The quantitative estimate of drug-likeness (QED) is 0.355. The molecule has 1 aromatic carbocycles. The van der Waals surface area contributed by atoms with Crippen LogP contribution in [0.4, 0.5) is 24.8 Å². The molecule has 2 atom stereocenters. The molecule has 0 bridgehead atoms. The molecular formula is C28H31F3N6O3. The van der Waals surface area contributed by atoms with E-state index in [4.69, 9.17) is 0 Å². The number of likely N-dealkylation sites (tertiary alicyclic amines) is 1. The normalized spacial score (nSPS) is 17.5. The number of aryl methyl sites for hydroxylation is 2. The summed E-state index contributed by atoms with van der Waals surface area (Å²) in [5.74, 6) is -1.22. The first-order valence-electron chi connectivity index (χ1n) is 13.0. The molecule has 3 aromatic rings. The van der Waals surface area contributed by atoms with Crippen molar-refractivity contribution in [3.8, 4) is 0 Å². The first-order valence-corrected chi connectivity index (χ1v) is 13.0. The number of carbonyl (C=O) groups excluding carboxylic acids is 1. The van der Waals surface area contributed by atoms with Crippen molar-refractivity contribution in [2.24, 2.45) is 0 Å². The lowest BCUT2D eigenvalue weighted by Gasteiger charge is -2.38. The van der Waals surface area contributed by atoms with E-state index in [9.17, 15) is 27.9 Å². The molecule has 1 aliphatic rings. The number of carboxylic acids is 1. The standard InChI is InChI=1S/C28H31F3N6O3/c1-4-18-14-34-27(35-22-10-16(2)9-20(13-22)28(29,30)31)36-24(18)15-33-21-6-8-37(17(3)11-21)25(38)19-5-7-32-23(12-19)26(39)40/h5,7,9-10,12-14,17,21,33H,4,6,8,11,15H2,1-3H3,(H,39,40)(H,34,35,36)/t17-,21-/m1/s1. The lowest BCUT2D eigenvalue weighted by atomic mass is 9.97. The smallest absolute Gasteiger partial charge is 0.416 e. The van der Waals surface area contributed by atoms with E-state index in [1.807, 2.05) is 13.8 Å². The lowest BCUT2D eigenvalue weighted by molar-refractivity contribution is -0.137. The highest BCUT2D eigenvalue weighted by atomic mass is 19.4. The maximum Gasteiger partial charge on any atom is 0.416 e. The first-order chi connectivity index (χ1) is 18.9. The van der Waals surface area contributed by atoms with Gasteiger partial charge in [0.2, 0.25) is 5.95 Å². The highest BCUT2D eigenvalue weighted by molar-refractivity contribution is 5.96. The molecule has 3 heterocycles. The van der Waals surface area contributed by atoms with Crippen LogP contribution in [0.3, 0.4) is 0 Å². The summed E-state index contributed by atoms with van der Waals surface area (Å²) >= 11 is 0. The van der Waals surface area contributed by atoms with Crippen molar-refractivity contribution in [1.29, 1.82) is 0 Å². The van der Waals surface area contributed by atoms with Crippen LogP contribution in [0.15, 0.2) is 42.7 Å². The van der Waals surface area contributed by atoms with Crippen molar-refractivity contribution < 1.29 is 27.9 Å². The number of hydrogen-bond acceptors (Lipinski definition) is 7. The topological polar surface area (TPSA) is 120 Å². The molecule has 4 rings (SSSR count). The van der Waals surface area contributed by atoms with Crippen LogP contribution in [-0.4, -0.2) is 55.5 Å². The molecule has 0 spiro atoms. The van der Waals surface area contributed by atoms with Crippen LogP contribution in [0.1, 0.15) is 69.9 Å². The van der Waals surface area contributed by atoms with Gasteiger partial charge < -0.3 is 20.6 Å². The molecule has 3 N–H and O–H groups in total. The zero-order valence-electron chi connectivity index (χ0n) is 22.4. The van der Waals surface area contributed by atoms with Gasteiger partial charge >= 0.3 is 12.1 Å². The zero-order valence-corrected chi connectivity index (χ0v) is 22.4. The predicted octanol–water partition coefficient (Wildman–Crippen LogP) is 4.99. The molecule has 40 heavy (non-hydrogen) atoms. The second kappa shape index (κ2) is 12.0. The summed E-state index contributed by atoms with van der Waals surface area (Å²) in [5, 5.41) is 15.6. The number of aromatic carboxylic acids is 1. The van der Waals surface area contributed by atoms with Gasteiger partial charge in [-0.3, -0.25) is 4.79 Å². The molecule has 1 fully saturated rings. The van der Waals surface area contributed by atoms with Crippen LogP contribution >= 0.6 is 0 Å². The summed E-state index contributed by atoms with van der Waals surface area (Å²) in [4.78, 5) is 38.6. The van der Waals surface area contributed by atoms with Gasteiger partial charge in [0.25, 0.3) is 5.91 Å². The summed E-state index contributed by atoms with van der Waals surface area (Å²) in [6.07, 6.45) is 0.601. The fourth-order valence-corrected chi connectivity index (χ4v) is 4.85. The minimum atomic E-state index is -4.46. The van der Waals surface area contributed by atoms with Crippen molar-refractivity contribution in [3.63, 3.8) is 0 Å². The summed E-state index contributed by atoms with van der Waals surface area (Å²) < 4.78 is 39.7. The van der Waals surface area contributed by atoms with Gasteiger partial charge in [0.05, 0.1) is 11.3 Å². The maximum absolute atomic E-state index is 13.2. The Morgan fingerprint density at radius 1 is 1.18 bits per heavy atom. The molecule has 0 radical (unpaired) electrons. The average Bonchev–Trinajstić information content (AvgIpc) is 2.91. The molecule has 1 amide bonds. The van der Waals surface area contributed by atoms with Crippen molar-refractivity contribution in [2.45, 2.75) is 64.8 Å². The number of nitrogens with one attached hydrogen (secondary N) is 2. The zero-order chi connectivity index (χ0) is 29.0. The highest BCUT2D eigenvalue weighted by Gasteiger charge is 2.31. The van der Waals surface area contributed by atoms with Gasteiger partial charge in [-0.25, -0.2) is 19.7 Å². The second-order valence-electron chi connectivity index (χ2n) is 9.91. The largest absolute Gasteiger partial charge is 0.477 e. The summed E-state index contributed by atoms with van der Waals surface area (Å²) in [5.41, 5.74) is 1.76. The Morgan fingerprint density at radius 3 is 2.62 bits per heavy atom. The van der Waals surface area contributed by atoms with Crippen LogP contribution in [0.25, 0.3) is 0 Å². The van der Waals surface area contributed by atoms with Crippen LogP contribution in [-0.2, 0) is 19.1 Å². The number of pyridine rings is 1. The molecule has 212 valence electrons. The molecule has 1 aliphatic heterocycles. The maximum atomic E-state index is 13.2. The Hall–Kier alpha value is -4.06. The summed E-state index contributed by atoms with van der Waals surface area (Å²) in [6, 6.07) is 6.55. The molecule has 12 heteroatoms. The van der Waals surface area contributed by atoms with Gasteiger partial charge in [0, 0.05) is 48.8 Å². The fourth-order valence-electron chi connectivity index (χ4n) is 4.85. The third kappa shape index (κ3) is 6.92. The number of benzene rings is 1. The number of carboxylic acid groups (broad SMARTS) is 1. The van der Waals surface area contributed by atoms with Gasteiger partial charge in [-0.05, 0) is 74.6 Å². The van der Waals surface area contributed by atoms with E-state index in [1.54, 1.807) is 24.1 Å². The number of nitrogens with zero attached hydrogens (tertiary/aromatic N) is 4. The fraction of sp³-hybridized carbons (Fsp3) is 0.393. The number of halogens is 3. The SMILES string of the molecule is CCc1cnc(Nc2cc(C)cc(C(F)(F)F)c2)nc1CN[C@@H]1CCN(C(=O)c2ccnc(C(=O)O)c2)[C@H](C)C1. The number of alkyl halides is 3. The Labute approximate surface area is 229 Å². The number of rotatable bonds is 8. The Balaban J connectivity index is 1.40. The third-order valence-corrected chi connectivity index (χ3v) is 6.92.